The van der Waals surface area contributed by atoms with E-state index in [4.69, 9.17) is 0 Å². The third-order valence-corrected chi connectivity index (χ3v) is 2.03. The summed E-state index contributed by atoms with van der Waals surface area (Å²) < 4.78 is 0. The van der Waals surface area contributed by atoms with E-state index >= 15 is 0 Å². The molecule has 1 unspecified atom stereocenters. The van der Waals surface area contributed by atoms with Crippen molar-refractivity contribution >= 4 is 0 Å². The molecule has 0 aliphatic heterocycles. The topological polar surface area (TPSA) is 20.2 Å². The first-order valence-electron chi connectivity index (χ1n) is 5.35. The Kier molecular flexibility index (Phi) is 7.65. The van der Waals surface area contributed by atoms with E-state index in [-0.39, 0.29) is 6.10 Å². The number of aliphatic hydroxyl groups excluding tert-OH is 1. The molecule has 0 amide bonds. The van der Waals surface area contributed by atoms with Crippen LogP contribution in [0.4, 0.5) is 0 Å². The summed E-state index contributed by atoms with van der Waals surface area (Å²) in [6, 6.07) is 0. The van der Waals surface area contributed by atoms with Crippen molar-refractivity contribution in [3.05, 3.63) is 48.1 Å². The van der Waals surface area contributed by atoms with Gasteiger partial charge >= 0.3 is 0 Å². The molecule has 0 fully saturated rings. The number of allylic oxidation sites excluding steroid dienone is 6. The van der Waals surface area contributed by atoms with Gasteiger partial charge in [0.25, 0.3) is 0 Å². The second kappa shape index (κ2) is 8.25. The first-order chi connectivity index (χ1) is 7.06. The van der Waals surface area contributed by atoms with Crippen LogP contribution < -0.4 is 0 Å². The van der Waals surface area contributed by atoms with Crippen LogP contribution in [0.3, 0.4) is 0 Å². The van der Waals surface area contributed by atoms with E-state index in [0.29, 0.717) is 0 Å². The molecule has 0 aliphatic carbocycles. The van der Waals surface area contributed by atoms with Crippen LogP contribution in [0.1, 0.15) is 33.6 Å². The van der Waals surface area contributed by atoms with Crippen molar-refractivity contribution in [1.29, 1.82) is 0 Å². The summed E-state index contributed by atoms with van der Waals surface area (Å²) in [7, 11) is 0. The lowest BCUT2D eigenvalue weighted by molar-refractivity contribution is 0.214. The molecule has 0 saturated heterocycles. The molecule has 84 valence electrons. The fourth-order valence-corrected chi connectivity index (χ4v) is 1.04. The first kappa shape index (κ1) is 13.9. The maximum atomic E-state index is 9.58. The van der Waals surface area contributed by atoms with Crippen LogP contribution in [0.5, 0.6) is 0 Å². The first-order valence-corrected chi connectivity index (χ1v) is 5.35. The van der Waals surface area contributed by atoms with E-state index in [1.807, 2.05) is 25.2 Å². The van der Waals surface area contributed by atoms with E-state index in [1.165, 1.54) is 5.57 Å². The van der Waals surface area contributed by atoms with Gasteiger partial charge < -0.3 is 5.11 Å². The van der Waals surface area contributed by atoms with Gasteiger partial charge in [0, 0.05) is 0 Å². The standard InChI is InChI=1S/C14H22O/c1-5-13(4)9-7-11-14(15)10-6-8-12(2)3/h5,7-9,11,14-15H,1,6,10H2,2-4H3. The summed E-state index contributed by atoms with van der Waals surface area (Å²) >= 11 is 0. The minimum atomic E-state index is -0.352. The van der Waals surface area contributed by atoms with Gasteiger partial charge in [-0.3, -0.25) is 0 Å². The number of hydrogen-bond acceptors (Lipinski definition) is 1. The van der Waals surface area contributed by atoms with E-state index in [1.54, 1.807) is 6.08 Å². The van der Waals surface area contributed by atoms with Crippen molar-refractivity contribution in [2.45, 2.75) is 39.7 Å². The lowest BCUT2D eigenvalue weighted by Crippen LogP contribution is -2.00. The second-order valence-corrected chi connectivity index (χ2v) is 3.93. The van der Waals surface area contributed by atoms with Gasteiger partial charge in [-0.1, -0.05) is 48.1 Å². The summed E-state index contributed by atoms with van der Waals surface area (Å²) in [5.41, 5.74) is 2.40. The van der Waals surface area contributed by atoms with Crippen LogP contribution in [0.25, 0.3) is 0 Å². The lowest BCUT2D eigenvalue weighted by atomic mass is 10.1. The van der Waals surface area contributed by atoms with Gasteiger partial charge in [0.1, 0.15) is 0 Å². The molecule has 0 aromatic rings. The third-order valence-electron chi connectivity index (χ3n) is 2.03. The minimum absolute atomic E-state index is 0.352. The molecule has 0 spiro atoms. The highest BCUT2D eigenvalue weighted by Gasteiger charge is 1.95. The SMILES string of the molecule is C=CC(C)=CC=CC(O)CCC=C(C)C. The van der Waals surface area contributed by atoms with Crippen LogP contribution in [-0.4, -0.2) is 11.2 Å². The Bertz CT molecular complexity index is 265. The molecule has 0 bridgehead atoms. The second-order valence-electron chi connectivity index (χ2n) is 3.93. The maximum absolute atomic E-state index is 9.58. The minimum Gasteiger partial charge on any atom is -0.389 e. The van der Waals surface area contributed by atoms with Crippen molar-refractivity contribution in [3.8, 4) is 0 Å². The molecule has 1 heteroatoms. The van der Waals surface area contributed by atoms with Crippen molar-refractivity contribution in [1.82, 2.24) is 0 Å². The molecular formula is C14H22O. The number of aliphatic hydroxyl groups is 1. The van der Waals surface area contributed by atoms with Gasteiger partial charge in [-0.15, -0.1) is 0 Å². The Morgan fingerprint density at radius 2 is 2.00 bits per heavy atom. The Hall–Kier alpha value is -1.08. The molecular weight excluding hydrogens is 184 g/mol. The summed E-state index contributed by atoms with van der Waals surface area (Å²) in [4.78, 5) is 0. The zero-order chi connectivity index (χ0) is 11.7. The predicted octanol–water partition coefficient (Wildman–Crippen LogP) is 3.78. The van der Waals surface area contributed by atoms with E-state index in [9.17, 15) is 5.11 Å². The fraction of sp³-hybridized carbons (Fsp3) is 0.429. The van der Waals surface area contributed by atoms with Crippen molar-refractivity contribution in [3.63, 3.8) is 0 Å². The Labute approximate surface area is 93.5 Å². The molecule has 0 radical (unpaired) electrons. The van der Waals surface area contributed by atoms with Gasteiger partial charge in [-0.05, 0) is 33.6 Å². The molecule has 15 heavy (non-hydrogen) atoms. The van der Waals surface area contributed by atoms with Gasteiger partial charge in [-0.25, -0.2) is 0 Å². The zero-order valence-corrected chi connectivity index (χ0v) is 10.0. The summed E-state index contributed by atoms with van der Waals surface area (Å²) in [5, 5.41) is 9.58. The molecule has 0 saturated carbocycles. The lowest BCUT2D eigenvalue weighted by Gasteiger charge is -2.01. The highest BCUT2D eigenvalue weighted by atomic mass is 16.3. The van der Waals surface area contributed by atoms with Crippen LogP contribution >= 0.6 is 0 Å². The predicted molar refractivity (Wildman–Crippen MR) is 67.8 cm³/mol. The molecule has 0 aromatic heterocycles. The van der Waals surface area contributed by atoms with E-state index in [0.717, 1.165) is 18.4 Å². The molecule has 1 N–H and O–H groups in total. The van der Waals surface area contributed by atoms with Crippen LogP contribution in [0.15, 0.2) is 48.1 Å². The molecule has 0 rings (SSSR count). The highest BCUT2D eigenvalue weighted by molar-refractivity contribution is 5.20. The smallest absolute Gasteiger partial charge is 0.0726 e. The van der Waals surface area contributed by atoms with Crippen molar-refractivity contribution in [2.24, 2.45) is 0 Å². The highest BCUT2D eigenvalue weighted by Crippen LogP contribution is 2.03. The van der Waals surface area contributed by atoms with Crippen LogP contribution in [0.2, 0.25) is 0 Å². The molecule has 0 aliphatic rings. The van der Waals surface area contributed by atoms with Crippen LogP contribution in [0, 0.1) is 0 Å². The Morgan fingerprint density at radius 3 is 2.53 bits per heavy atom. The summed E-state index contributed by atoms with van der Waals surface area (Å²) in [6.45, 7) is 9.77. The molecule has 0 heterocycles. The van der Waals surface area contributed by atoms with Crippen LogP contribution in [-0.2, 0) is 0 Å². The van der Waals surface area contributed by atoms with Crippen molar-refractivity contribution < 1.29 is 5.11 Å². The van der Waals surface area contributed by atoms with E-state index < -0.39 is 0 Å². The molecule has 1 atom stereocenters. The summed E-state index contributed by atoms with van der Waals surface area (Å²) in [6.07, 6.45) is 10.9. The maximum Gasteiger partial charge on any atom is 0.0726 e. The Morgan fingerprint density at radius 1 is 1.33 bits per heavy atom. The van der Waals surface area contributed by atoms with Gasteiger partial charge in [0.15, 0.2) is 0 Å². The number of rotatable bonds is 6. The fourth-order valence-electron chi connectivity index (χ4n) is 1.04. The average molecular weight is 206 g/mol. The third kappa shape index (κ3) is 9.23. The normalized spacial score (nSPS) is 14.0. The van der Waals surface area contributed by atoms with E-state index in [2.05, 4.69) is 26.5 Å². The monoisotopic (exact) mass is 206 g/mol. The molecule has 0 aromatic carbocycles. The van der Waals surface area contributed by atoms with Crippen molar-refractivity contribution in [2.75, 3.05) is 0 Å². The Balaban J connectivity index is 3.88. The zero-order valence-electron chi connectivity index (χ0n) is 10.0. The van der Waals surface area contributed by atoms with Gasteiger partial charge in [0.05, 0.1) is 6.10 Å². The molecule has 1 nitrogen and oxygen atoms in total. The van der Waals surface area contributed by atoms with Gasteiger partial charge in [-0.2, -0.15) is 0 Å². The number of hydrogen-bond donors (Lipinski definition) is 1. The summed E-state index contributed by atoms with van der Waals surface area (Å²) in [5.74, 6) is 0. The van der Waals surface area contributed by atoms with Gasteiger partial charge in [0.2, 0.25) is 0 Å². The quantitative estimate of drug-likeness (QED) is 0.518. The largest absolute Gasteiger partial charge is 0.389 e. The average Bonchev–Trinajstić information content (AvgIpc) is 2.17.